The van der Waals surface area contributed by atoms with Crippen LogP contribution in [0.2, 0.25) is 10.0 Å². The molecule has 3 amide bonds. The molecule has 3 rings (SSSR count). The van der Waals surface area contributed by atoms with E-state index in [0.29, 0.717) is 21.3 Å². The van der Waals surface area contributed by atoms with Gasteiger partial charge in [0.1, 0.15) is 6.04 Å². The number of hydrogen-bond acceptors (Lipinski definition) is 4. The Labute approximate surface area is 176 Å². The highest BCUT2D eigenvalue weighted by molar-refractivity contribution is 7.80. The van der Waals surface area contributed by atoms with E-state index >= 15 is 0 Å². The maximum Gasteiger partial charge on any atom is 0.269 e. The summed E-state index contributed by atoms with van der Waals surface area (Å²) in [5, 5.41) is 2.15. The minimum atomic E-state index is -1.06. The summed E-state index contributed by atoms with van der Waals surface area (Å²) in [5.41, 5.74) is 8.62. The van der Waals surface area contributed by atoms with Crippen LogP contribution in [-0.4, -0.2) is 33.9 Å². The van der Waals surface area contributed by atoms with E-state index in [4.69, 9.17) is 41.2 Å². The molecule has 0 aliphatic carbocycles. The standard InChI is InChI=1S/C18H14Cl2N4O3S/c19-11-3-1-10(2-4-11)16(26)22-24-14(9-15(21)25)17(27)23(18(24)28)13-7-5-12(20)6-8-13/h1-8,14H,9H2,(H2,21,25)(H,22,26). The van der Waals surface area contributed by atoms with Gasteiger partial charge in [0.2, 0.25) is 11.0 Å². The highest BCUT2D eigenvalue weighted by atomic mass is 35.5. The quantitative estimate of drug-likeness (QED) is 0.701. The van der Waals surface area contributed by atoms with Gasteiger partial charge in [0.15, 0.2) is 0 Å². The predicted octanol–water partition coefficient (Wildman–Crippen LogP) is 2.52. The number of nitrogens with zero attached hydrogens (tertiary/aromatic N) is 2. The van der Waals surface area contributed by atoms with Crippen molar-refractivity contribution in [1.29, 1.82) is 0 Å². The first kappa shape index (κ1) is 20.1. The second-order valence-electron chi connectivity index (χ2n) is 5.94. The first-order chi connectivity index (χ1) is 13.3. The number of hydrogen-bond donors (Lipinski definition) is 2. The monoisotopic (exact) mass is 436 g/mol. The zero-order chi connectivity index (χ0) is 20.4. The third-order valence-corrected chi connectivity index (χ3v) is 4.91. The van der Waals surface area contributed by atoms with Crippen LogP contribution in [0.15, 0.2) is 48.5 Å². The first-order valence-corrected chi connectivity index (χ1v) is 9.22. The van der Waals surface area contributed by atoms with E-state index in [0.717, 1.165) is 0 Å². The SMILES string of the molecule is NC(=O)CC1C(=O)N(c2ccc(Cl)cc2)C(=S)N1NC(=O)c1ccc(Cl)cc1. The largest absolute Gasteiger partial charge is 0.370 e. The Bertz CT molecular complexity index is 950. The van der Waals surface area contributed by atoms with E-state index in [1.54, 1.807) is 36.4 Å². The van der Waals surface area contributed by atoms with Gasteiger partial charge in [-0.25, -0.2) is 5.01 Å². The molecule has 0 bridgehead atoms. The molecule has 2 aromatic rings. The van der Waals surface area contributed by atoms with Crippen LogP contribution >= 0.6 is 35.4 Å². The number of primary amides is 1. The Balaban J connectivity index is 1.90. The molecule has 2 aromatic carbocycles. The molecule has 28 heavy (non-hydrogen) atoms. The molecule has 144 valence electrons. The number of nitrogens with two attached hydrogens (primary N) is 1. The number of nitrogens with one attached hydrogen (secondary N) is 1. The lowest BCUT2D eigenvalue weighted by Crippen LogP contribution is -2.49. The minimum Gasteiger partial charge on any atom is -0.370 e. The number of rotatable bonds is 5. The zero-order valence-electron chi connectivity index (χ0n) is 14.3. The summed E-state index contributed by atoms with van der Waals surface area (Å²) >= 11 is 17.1. The van der Waals surface area contributed by atoms with Crippen molar-refractivity contribution in [2.75, 3.05) is 4.90 Å². The fourth-order valence-electron chi connectivity index (χ4n) is 2.69. The van der Waals surface area contributed by atoms with Crippen LogP contribution in [0.1, 0.15) is 16.8 Å². The van der Waals surface area contributed by atoms with Gasteiger partial charge < -0.3 is 5.73 Å². The van der Waals surface area contributed by atoms with E-state index < -0.39 is 23.8 Å². The van der Waals surface area contributed by atoms with Gasteiger partial charge in [0.25, 0.3) is 11.8 Å². The Hall–Kier alpha value is -2.68. The molecular formula is C18H14Cl2N4O3S. The van der Waals surface area contributed by atoms with E-state index in [-0.39, 0.29) is 11.5 Å². The highest BCUT2D eigenvalue weighted by Gasteiger charge is 2.45. The van der Waals surface area contributed by atoms with E-state index in [1.807, 2.05) is 0 Å². The van der Waals surface area contributed by atoms with Crippen molar-refractivity contribution in [2.24, 2.45) is 5.73 Å². The lowest BCUT2D eigenvalue weighted by molar-refractivity contribution is -0.125. The first-order valence-electron chi connectivity index (χ1n) is 8.05. The summed E-state index contributed by atoms with van der Waals surface area (Å²) in [7, 11) is 0. The molecule has 1 atom stereocenters. The average molecular weight is 437 g/mol. The summed E-state index contributed by atoms with van der Waals surface area (Å²) in [4.78, 5) is 38.2. The van der Waals surface area contributed by atoms with Crippen molar-refractivity contribution in [3.8, 4) is 0 Å². The van der Waals surface area contributed by atoms with Crippen LogP contribution < -0.4 is 16.1 Å². The normalized spacial score (nSPS) is 16.4. The smallest absolute Gasteiger partial charge is 0.269 e. The molecule has 3 N–H and O–H groups in total. The second-order valence-corrected chi connectivity index (χ2v) is 7.17. The second kappa shape index (κ2) is 8.14. The molecule has 1 unspecified atom stereocenters. The molecule has 0 aromatic heterocycles. The number of hydrazine groups is 1. The van der Waals surface area contributed by atoms with Crippen molar-refractivity contribution < 1.29 is 14.4 Å². The van der Waals surface area contributed by atoms with E-state index in [2.05, 4.69) is 5.43 Å². The Kier molecular flexibility index (Phi) is 5.83. The summed E-state index contributed by atoms with van der Waals surface area (Å²) < 4.78 is 0. The summed E-state index contributed by atoms with van der Waals surface area (Å²) in [5.74, 6) is -1.70. The van der Waals surface area contributed by atoms with Crippen molar-refractivity contribution in [1.82, 2.24) is 10.4 Å². The molecule has 1 saturated heterocycles. The van der Waals surface area contributed by atoms with Gasteiger partial charge in [0, 0.05) is 15.6 Å². The fraction of sp³-hybridized carbons (Fsp3) is 0.111. The predicted molar refractivity (Wildman–Crippen MR) is 110 cm³/mol. The molecule has 0 radical (unpaired) electrons. The van der Waals surface area contributed by atoms with Gasteiger partial charge in [-0.3, -0.25) is 24.7 Å². The molecule has 0 saturated carbocycles. The molecule has 10 heteroatoms. The van der Waals surface area contributed by atoms with Gasteiger partial charge in [-0.2, -0.15) is 0 Å². The molecular weight excluding hydrogens is 423 g/mol. The Morgan fingerprint density at radius 2 is 1.57 bits per heavy atom. The van der Waals surface area contributed by atoms with Gasteiger partial charge in [0.05, 0.1) is 12.1 Å². The maximum absolute atomic E-state index is 12.9. The van der Waals surface area contributed by atoms with Crippen LogP contribution in [0.4, 0.5) is 5.69 Å². The lowest BCUT2D eigenvalue weighted by atomic mass is 10.2. The molecule has 0 spiro atoms. The summed E-state index contributed by atoms with van der Waals surface area (Å²) in [6.07, 6.45) is -0.316. The van der Waals surface area contributed by atoms with Crippen LogP contribution in [-0.2, 0) is 9.59 Å². The van der Waals surface area contributed by atoms with Crippen LogP contribution in [0, 0.1) is 0 Å². The third-order valence-electron chi connectivity index (χ3n) is 4.02. The number of thiocarbonyl (C=S) groups is 1. The highest BCUT2D eigenvalue weighted by Crippen LogP contribution is 2.27. The average Bonchev–Trinajstić information content (AvgIpc) is 2.87. The van der Waals surface area contributed by atoms with Gasteiger partial charge in [-0.05, 0) is 60.7 Å². The number of benzene rings is 2. The Morgan fingerprint density at radius 3 is 2.11 bits per heavy atom. The third kappa shape index (κ3) is 4.09. The number of halogens is 2. The summed E-state index contributed by atoms with van der Waals surface area (Å²) in [6, 6.07) is 11.5. The Morgan fingerprint density at radius 1 is 1.04 bits per heavy atom. The summed E-state index contributed by atoms with van der Waals surface area (Å²) in [6.45, 7) is 0. The van der Waals surface area contributed by atoms with Gasteiger partial charge in [-0.15, -0.1) is 0 Å². The van der Waals surface area contributed by atoms with Crippen LogP contribution in [0.25, 0.3) is 0 Å². The van der Waals surface area contributed by atoms with Crippen LogP contribution in [0.3, 0.4) is 0 Å². The topological polar surface area (TPSA) is 95.7 Å². The zero-order valence-corrected chi connectivity index (χ0v) is 16.6. The van der Waals surface area contributed by atoms with Gasteiger partial charge >= 0.3 is 0 Å². The maximum atomic E-state index is 12.9. The molecule has 1 heterocycles. The van der Waals surface area contributed by atoms with E-state index in [1.165, 1.54) is 22.0 Å². The number of carbonyl (C=O) groups is 3. The van der Waals surface area contributed by atoms with Crippen LogP contribution in [0.5, 0.6) is 0 Å². The molecule has 1 aliphatic heterocycles. The molecule has 1 fully saturated rings. The van der Waals surface area contributed by atoms with Crippen molar-refractivity contribution in [3.63, 3.8) is 0 Å². The minimum absolute atomic E-state index is 0.0147. The number of amides is 3. The number of carbonyl (C=O) groups excluding carboxylic acids is 3. The van der Waals surface area contributed by atoms with Crippen molar-refractivity contribution in [3.05, 3.63) is 64.1 Å². The molecule has 1 aliphatic rings. The van der Waals surface area contributed by atoms with E-state index in [9.17, 15) is 14.4 Å². The fourth-order valence-corrected chi connectivity index (χ4v) is 3.31. The molecule has 7 nitrogen and oxygen atoms in total. The van der Waals surface area contributed by atoms with Gasteiger partial charge in [-0.1, -0.05) is 23.2 Å². The van der Waals surface area contributed by atoms with Crippen molar-refractivity contribution >= 4 is 63.9 Å². The van der Waals surface area contributed by atoms with Crippen molar-refractivity contribution in [2.45, 2.75) is 12.5 Å². The number of anilines is 1. The lowest BCUT2D eigenvalue weighted by Gasteiger charge is -2.24.